The fourth-order valence-electron chi connectivity index (χ4n) is 2.44. The normalized spacial score (nSPS) is 14.8. The number of nitrogens with one attached hydrogen (secondary N) is 1. The third kappa shape index (κ3) is 3.68. The van der Waals surface area contributed by atoms with Crippen LogP contribution in [0.4, 0.5) is 5.95 Å². The van der Waals surface area contributed by atoms with Gasteiger partial charge in [0.2, 0.25) is 5.95 Å². The van der Waals surface area contributed by atoms with E-state index in [0.29, 0.717) is 37.0 Å². The molecule has 0 spiro atoms. The lowest BCUT2D eigenvalue weighted by molar-refractivity contribution is 0.0946. The molecule has 1 saturated heterocycles. The SMILES string of the molecule is Cc1ccc(CNC(=O)c2cnc(N3CCOCC3)nc2C)o1. The van der Waals surface area contributed by atoms with Crippen LogP contribution in [0.15, 0.2) is 22.7 Å². The van der Waals surface area contributed by atoms with Crippen LogP contribution in [-0.4, -0.2) is 42.2 Å². The molecule has 3 rings (SSSR count). The molecular formula is C16H20N4O3. The number of rotatable bonds is 4. The van der Waals surface area contributed by atoms with Crippen molar-refractivity contribution in [1.29, 1.82) is 0 Å². The predicted octanol–water partition coefficient (Wildman–Crippen LogP) is 1.45. The maximum absolute atomic E-state index is 12.3. The van der Waals surface area contributed by atoms with Crippen LogP contribution in [0.1, 0.15) is 27.6 Å². The van der Waals surface area contributed by atoms with Crippen molar-refractivity contribution in [2.45, 2.75) is 20.4 Å². The summed E-state index contributed by atoms with van der Waals surface area (Å²) in [4.78, 5) is 23.1. The first-order valence-corrected chi connectivity index (χ1v) is 7.63. The maximum atomic E-state index is 12.3. The molecule has 0 unspecified atom stereocenters. The predicted molar refractivity (Wildman–Crippen MR) is 84.4 cm³/mol. The Labute approximate surface area is 134 Å². The van der Waals surface area contributed by atoms with Crippen molar-refractivity contribution in [3.05, 3.63) is 41.1 Å². The maximum Gasteiger partial charge on any atom is 0.255 e. The number of furan rings is 1. The van der Waals surface area contributed by atoms with Gasteiger partial charge in [-0.1, -0.05) is 0 Å². The number of amides is 1. The summed E-state index contributed by atoms with van der Waals surface area (Å²) in [5, 5.41) is 2.82. The van der Waals surface area contributed by atoms with Crippen molar-refractivity contribution >= 4 is 11.9 Å². The molecule has 7 heteroatoms. The molecule has 1 N–H and O–H groups in total. The zero-order valence-electron chi connectivity index (χ0n) is 13.3. The highest BCUT2D eigenvalue weighted by atomic mass is 16.5. The second-order valence-corrected chi connectivity index (χ2v) is 5.46. The van der Waals surface area contributed by atoms with E-state index in [-0.39, 0.29) is 5.91 Å². The summed E-state index contributed by atoms with van der Waals surface area (Å²) in [6.07, 6.45) is 1.58. The third-order valence-corrected chi connectivity index (χ3v) is 3.72. The Morgan fingerprint density at radius 2 is 2.09 bits per heavy atom. The smallest absolute Gasteiger partial charge is 0.255 e. The topological polar surface area (TPSA) is 80.5 Å². The third-order valence-electron chi connectivity index (χ3n) is 3.72. The van der Waals surface area contributed by atoms with E-state index in [9.17, 15) is 4.79 Å². The minimum absolute atomic E-state index is 0.204. The molecule has 0 aliphatic carbocycles. The Morgan fingerprint density at radius 1 is 1.30 bits per heavy atom. The summed E-state index contributed by atoms with van der Waals surface area (Å²) >= 11 is 0. The van der Waals surface area contributed by atoms with Gasteiger partial charge in [0, 0.05) is 19.3 Å². The van der Waals surface area contributed by atoms with E-state index in [2.05, 4.69) is 20.2 Å². The number of aromatic nitrogens is 2. The lowest BCUT2D eigenvalue weighted by atomic mass is 10.2. The van der Waals surface area contributed by atoms with Crippen molar-refractivity contribution in [2.75, 3.05) is 31.2 Å². The van der Waals surface area contributed by atoms with Gasteiger partial charge in [-0.05, 0) is 26.0 Å². The monoisotopic (exact) mass is 316 g/mol. The van der Waals surface area contributed by atoms with Gasteiger partial charge in [0.1, 0.15) is 11.5 Å². The molecule has 0 bridgehead atoms. The standard InChI is InChI=1S/C16H20N4O3/c1-11-3-4-13(23-11)9-17-15(21)14-10-18-16(19-12(14)2)20-5-7-22-8-6-20/h3-4,10H,5-9H2,1-2H3,(H,17,21). The molecule has 1 aliphatic rings. The lowest BCUT2D eigenvalue weighted by Crippen LogP contribution is -2.37. The molecule has 23 heavy (non-hydrogen) atoms. The molecule has 1 aliphatic heterocycles. The van der Waals surface area contributed by atoms with E-state index in [1.807, 2.05) is 26.0 Å². The van der Waals surface area contributed by atoms with Gasteiger partial charge in [-0.3, -0.25) is 4.79 Å². The highest BCUT2D eigenvalue weighted by Crippen LogP contribution is 2.13. The molecule has 122 valence electrons. The molecule has 3 heterocycles. The largest absolute Gasteiger partial charge is 0.465 e. The zero-order chi connectivity index (χ0) is 16.2. The second-order valence-electron chi connectivity index (χ2n) is 5.46. The number of morpholine rings is 1. The molecule has 7 nitrogen and oxygen atoms in total. The van der Waals surface area contributed by atoms with Crippen molar-refractivity contribution in [3.8, 4) is 0 Å². The molecule has 0 radical (unpaired) electrons. The fourth-order valence-corrected chi connectivity index (χ4v) is 2.44. The van der Waals surface area contributed by atoms with Crippen LogP contribution in [0.3, 0.4) is 0 Å². The van der Waals surface area contributed by atoms with Crippen LogP contribution in [0.2, 0.25) is 0 Å². The Kier molecular flexibility index (Phi) is 4.57. The van der Waals surface area contributed by atoms with Gasteiger partial charge >= 0.3 is 0 Å². The Hall–Kier alpha value is -2.41. The fraction of sp³-hybridized carbons (Fsp3) is 0.438. The van der Waals surface area contributed by atoms with Crippen LogP contribution in [0.5, 0.6) is 0 Å². The van der Waals surface area contributed by atoms with Gasteiger partial charge in [0.15, 0.2) is 0 Å². The minimum Gasteiger partial charge on any atom is -0.465 e. The first-order valence-electron chi connectivity index (χ1n) is 7.63. The number of nitrogens with zero attached hydrogens (tertiary/aromatic N) is 3. The number of hydrogen-bond acceptors (Lipinski definition) is 6. The average molecular weight is 316 g/mol. The first-order chi connectivity index (χ1) is 11.1. The molecule has 0 saturated carbocycles. The number of hydrogen-bond donors (Lipinski definition) is 1. The lowest BCUT2D eigenvalue weighted by Gasteiger charge is -2.27. The highest BCUT2D eigenvalue weighted by molar-refractivity contribution is 5.94. The van der Waals surface area contributed by atoms with Crippen LogP contribution in [0.25, 0.3) is 0 Å². The molecule has 2 aromatic heterocycles. The van der Waals surface area contributed by atoms with Crippen LogP contribution in [-0.2, 0) is 11.3 Å². The quantitative estimate of drug-likeness (QED) is 0.919. The van der Waals surface area contributed by atoms with Crippen LogP contribution in [0, 0.1) is 13.8 Å². The van der Waals surface area contributed by atoms with Gasteiger partial charge in [-0.25, -0.2) is 9.97 Å². The highest BCUT2D eigenvalue weighted by Gasteiger charge is 2.17. The summed E-state index contributed by atoms with van der Waals surface area (Å²) in [5.74, 6) is 1.98. The number of ether oxygens (including phenoxy) is 1. The summed E-state index contributed by atoms with van der Waals surface area (Å²) in [7, 11) is 0. The second kappa shape index (κ2) is 6.78. The Morgan fingerprint density at radius 3 is 2.74 bits per heavy atom. The number of carbonyl (C=O) groups excluding carboxylic acids is 1. The van der Waals surface area contributed by atoms with Gasteiger partial charge in [-0.15, -0.1) is 0 Å². The molecule has 1 fully saturated rings. The van der Waals surface area contributed by atoms with Crippen molar-refractivity contribution in [2.24, 2.45) is 0 Å². The summed E-state index contributed by atoms with van der Waals surface area (Å²) in [6.45, 7) is 6.91. The minimum atomic E-state index is -0.204. The summed E-state index contributed by atoms with van der Waals surface area (Å²) in [6, 6.07) is 3.72. The zero-order valence-corrected chi connectivity index (χ0v) is 13.3. The van der Waals surface area contributed by atoms with E-state index < -0.39 is 0 Å². The van der Waals surface area contributed by atoms with Crippen molar-refractivity contribution in [3.63, 3.8) is 0 Å². The van der Waals surface area contributed by atoms with E-state index >= 15 is 0 Å². The Balaban J connectivity index is 1.66. The van der Waals surface area contributed by atoms with Gasteiger partial charge < -0.3 is 19.4 Å². The number of carbonyl (C=O) groups is 1. The number of aryl methyl sites for hydroxylation is 2. The van der Waals surface area contributed by atoms with Crippen LogP contribution >= 0.6 is 0 Å². The molecule has 1 amide bonds. The van der Waals surface area contributed by atoms with E-state index in [1.165, 1.54) is 0 Å². The average Bonchev–Trinajstić information content (AvgIpc) is 2.99. The van der Waals surface area contributed by atoms with Gasteiger partial charge in [-0.2, -0.15) is 0 Å². The molecule has 0 atom stereocenters. The van der Waals surface area contributed by atoms with Crippen molar-refractivity contribution < 1.29 is 13.9 Å². The molecule has 0 aromatic carbocycles. The van der Waals surface area contributed by atoms with Crippen molar-refractivity contribution in [1.82, 2.24) is 15.3 Å². The molecular weight excluding hydrogens is 296 g/mol. The van der Waals surface area contributed by atoms with Crippen LogP contribution < -0.4 is 10.2 Å². The summed E-state index contributed by atoms with van der Waals surface area (Å²) in [5.41, 5.74) is 1.14. The number of anilines is 1. The Bertz CT molecular complexity index is 692. The van der Waals surface area contributed by atoms with E-state index in [1.54, 1.807) is 6.20 Å². The summed E-state index contributed by atoms with van der Waals surface area (Å²) < 4.78 is 10.8. The first kappa shape index (κ1) is 15.5. The van der Waals surface area contributed by atoms with E-state index in [4.69, 9.17) is 9.15 Å². The van der Waals surface area contributed by atoms with Gasteiger partial charge in [0.05, 0.1) is 31.0 Å². The molecule has 2 aromatic rings. The van der Waals surface area contributed by atoms with E-state index in [0.717, 1.165) is 24.6 Å². The van der Waals surface area contributed by atoms with Gasteiger partial charge in [0.25, 0.3) is 5.91 Å².